The molecule has 0 saturated carbocycles. The Morgan fingerprint density at radius 1 is 0.203 bits per heavy atom. The molecule has 13 rings (SSSR count). The summed E-state index contributed by atoms with van der Waals surface area (Å²) in [7, 11) is 0. The van der Waals surface area contributed by atoms with E-state index in [-0.39, 0.29) is 0 Å². The van der Waals surface area contributed by atoms with E-state index < -0.39 is 5.41 Å². The summed E-state index contributed by atoms with van der Waals surface area (Å²) in [5, 5.41) is 0. The van der Waals surface area contributed by atoms with Crippen LogP contribution >= 0.6 is 0 Å². The first kappa shape index (κ1) is 40.3. The van der Waals surface area contributed by atoms with Gasteiger partial charge >= 0.3 is 0 Å². The van der Waals surface area contributed by atoms with E-state index in [2.05, 4.69) is 289 Å². The molecule has 0 aromatic heterocycles. The maximum atomic E-state index is 2.51. The second kappa shape index (κ2) is 16.7. The molecule has 0 aliphatic carbocycles. The Morgan fingerprint density at radius 3 is 0.986 bits per heavy atom. The van der Waals surface area contributed by atoms with Crippen molar-refractivity contribution in [1.29, 1.82) is 0 Å². The van der Waals surface area contributed by atoms with E-state index in [1.807, 2.05) is 0 Å². The highest BCUT2D eigenvalue weighted by Crippen LogP contribution is 2.64. The molecule has 0 amide bonds. The molecule has 2 heteroatoms. The summed E-state index contributed by atoms with van der Waals surface area (Å²) in [5.74, 6) is 0. The van der Waals surface area contributed by atoms with Crippen molar-refractivity contribution >= 4 is 34.1 Å². The van der Waals surface area contributed by atoms with Crippen LogP contribution in [0.2, 0.25) is 0 Å². The zero-order chi connectivity index (χ0) is 45.7. The van der Waals surface area contributed by atoms with Crippen LogP contribution in [-0.4, -0.2) is 0 Å². The first-order valence-corrected chi connectivity index (χ1v) is 23.8. The Balaban J connectivity index is 1.07. The van der Waals surface area contributed by atoms with Crippen molar-refractivity contribution < 1.29 is 0 Å². The lowest BCUT2D eigenvalue weighted by Crippen LogP contribution is -2.42. The zero-order valence-corrected chi connectivity index (χ0v) is 38.0. The number of fused-ring (bicyclic) bond motifs is 8. The molecule has 0 fully saturated rings. The van der Waals surface area contributed by atoms with E-state index in [0.717, 1.165) is 34.1 Å². The molecule has 69 heavy (non-hydrogen) atoms. The molecule has 0 saturated heterocycles. The summed E-state index contributed by atoms with van der Waals surface area (Å²) in [4.78, 5) is 4.96. The van der Waals surface area contributed by atoms with Crippen molar-refractivity contribution in [3.8, 4) is 55.6 Å². The van der Waals surface area contributed by atoms with Gasteiger partial charge in [0.2, 0.25) is 0 Å². The van der Waals surface area contributed by atoms with Crippen LogP contribution in [0, 0.1) is 0 Å². The van der Waals surface area contributed by atoms with Crippen molar-refractivity contribution in [2.24, 2.45) is 0 Å². The minimum Gasteiger partial charge on any atom is -0.310 e. The van der Waals surface area contributed by atoms with Crippen LogP contribution in [0.3, 0.4) is 0 Å². The average Bonchev–Trinajstić information content (AvgIpc) is 3.44. The van der Waals surface area contributed by atoms with Gasteiger partial charge in [-0.15, -0.1) is 0 Å². The number of anilines is 6. The molecule has 0 N–H and O–H groups in total. The van der Waals surface area contributed by atoms with Crippen molar-refractivity contribution in [2.75, 3.05) is 9.80 Å². The molecule has 11 aromatic rings. The molecule has 0 bridgehead atoms. The lowest BCUT2D eigenvalue weighted by molar-refractivity contribution is 0.719. The molecule has 2 aliphatic heterocycles. The first-order valence-electron chi connectivity index (χ1n) is 23.8. The van der Waals surface area contributed by atoms with Gasteiger partial charge in [-0.2, -0.15) is 0 Å². The van der Waals surface area contributed by atoms with Crippen molar-refractivity contribution in [3.63, 3.8) is 0 Å². The van der Waals surface area contributed by atoms with Crippen LogP contribution in [0.4, 0.5) is 34.1 Å². The zero-order valence-electron chi connectivity index (χ0n) is 38.0. The van der Waals surface area contributed by atoms with E-state index in [0.29, 0.717) is 0 Å². The summed E-state index contributed by atoms with van der Waals surface area (Å²) in [6.45, 7) is 0. The lowest BCUT2D eigenvalue weighted by atomic mass is 9.59. The van der Waals surface area contributed by atoms with Gasteiger partial charge in [-0.1, -0.05) is 218 Å². The fourth-order valence-electron chi connectivity index (χ4n) is 11.2. The van der Waals surface area contributed by atoms with E-state index in [4.69, 9.17) is 0 Å². The minimum atomic E-state index is -0.701. The van der Waals surface area contributed by atoms with Gasteiger partial charge < -0.3 is 9.80 Å². The summed E-state index contributed by atoms with van der Waals surface area (Å²) >= 11 is 0. The Bertz CT molecular complexity index is 3530. The molecule has 2 nitrogen and oxygen atoms in total. The first-order chi connectivity index (χ1) is 34.2. The third-order valence-electron chi connectivity index (χ3n) is 14.3. The molecule has 11 aromatic carbocycles. The third-order valence-corrected chi connectivity index (χ3v) is 14.3. The van der Waals surface area contributed by atoms with Gasteiger partial charge in [-0.3, -0.25) is 0 Å². The van der Waals surface area contributed by atoms with Gasteiger partial charge in [0.25, 0.3) is 0 Å². The maximum absolute atomic E-state index is 2.51. The smallest absolute Gasteiger partial charge is 0.0783 e. The fraction of sp³-hybridized carbons (Fsp3) is 0.0149. The molecule has 1 spiro atoms. The summed E-state index contributed by atoms with van der Waals surface area (Å²) < 4.78 is 0. The Kier molecular flexibility index (Phi) is 9.77. The van der Waals surface area contributed by atoms with Gasteiger partial charge in [0.05, 0.1) is 28.2 Å². The van der Waals surface area contributed by atoms with E-state index in [1.165, 1.54) is 77.9 Å². The second-order valence-electron chi connectivity index (χ2n) is 18.0. The molecular formula is C67H46N2. The highest BCUT2D eigenvalue weighted by molar-refractivity contribution is 5.98. The van der Waals surface area contributed by atoms with E-state index in [9.17, 15) is 0 Å². The lowest BCUT2D eigenvalue weighted by Gasteiger charge is -2.51. The predicted molar refractivity (Wildman–Crippen MR) is 288 cm³/mol. The standard InChI is InChI=1S/C67H46N2/c1-5-19-47(20-6-1)50-33-39-55(40-34-50)68-63-30-16-13-27-59(63)67(60-28-14-17-31-64(60)68)61-29-15-18-32-65(61)69(56-41-35-51(36-42-56)48-21-7-2-8-22-48)66-44-38-54(46-62(66)67)57-43-37-53(49-23-9-3-10-24-49)45-58(57)52-25-11-4-12-26-52/h1-46H. The van der Waals surface area contributed by atoms with E-state index >= 15 is 0 Å². The minimum absolute atomic E-state index is 0.701. The number of hydrogen-bond acceptors (Lipinski definition) is 2. The van der Waals surface area contributed by atoms with Crippen LogP contribution in [0.1, 0.15) is 22.3 Å². The Morgan fingerprint density at radius 2 is 0.536 bits per heavy atom. The number of benzene rings is 11. The molecule has 0 radical (unpaired) electrons. The molecule has 0 unspecified atom stereocenters. The van der Waals surface area contributed by atoms with Crippen LogP contribution in [0.5, 0.6) is 0 Å². The number of hydrogen-bond donors (Lipinski definition) is 0. The summed E-state index contributed by atoms with van der Waals surface area (Å²) in [6, 6.07) is 103. The molecular weight excluding hydrogens is 833 g/mol. The Hall–Kier alpha value is -8.98. The van der Waals surface area contributed by atoms with Crippen molar-refractivity contribution in [3.05, 3.63) is 301 Å². The topological polar surface area (TPSA) is 6.48 Å². The van der Waals surface area contributed by atoms with Gasteiger partial charge in [0.15, 0.2) is 0 Å². The van der Waals surface area contributed by atoms with Gasteiger partial charge in [0.1, 0.15) is 0 Å². The fourth-order valence-corrected chi connectivity index (χ4v) is 11.2. The molecule has 2 aliphatic rings. The van der Waals surface area contributed by atoms with Crippen LogP contribution < -0.4 is 9.80 Å². The molecule has 2 heterocycles. The predicted octanol–water partition coefficient (Wildman–Crippen LogP) is 18.0. The quantitative estimate of drug-likeness (QED) is 0.157. The second-order valence-corrected chi connectivity index (χ2v) is 18.0. The highest BCUT2D eigenvalue weighted by Gasteiger charge is 2.52. The Labute approximate surface area is 404 Å². The average molecular weight is 879 g/mol. The van der Waals surface area contributed by atoms with Gasteiger partial charge in [-0.25, -0.2) is 0 Å². The van der Waals surface area contributed by atoms with E-state index in [1.54, 1.807) is 0 Å². The van der Waals surface area contributed by atoms with Crippen LogP contribution in [0.15, 0.2) is 279 Å². The molecule has 324 valence electrons. The monoisotopic (exact) mass is 878 g/mol. The number of para-hydroxylation sites is 3. The van der Waals surface area contributed by atoms with Gasteiger partial charge in [0, 0.05) is 11.4 Å². The highest BCUT2D eigenvalue weighted by atomic mass is 15.2. The molecule has 0 atom stereocenters. The largest absolute Gasteiger partial charge is 0.310 e. The normalized spacial score (nSPS) is 13.0. The van der Waals surface area contributed by atoms with Crippen LogP contribution in [0.25, 0.3) is 55.6 Å². The van der Waals surface area contributed by atoms with Crippen LogP contribution in [-0.2, 0) is 5.41 Å². The van der Waals surface area contributed by atoms with Gasteiger partial charge in [-0.05, 0) is 139 Å². The van der Waals surface area contributed by atoms with Crippen molar-refractivity contribution in [2.45, 2.75) is 5.41 Å². The number of nitrogens with zero attached hydrogens (tertiary/aromatic N) is 2. The summed E-state index contributed by atoms with van der Waals surface area (Å²) in [5.41, 5.74) is 23.0. The summed E-state index contributed by atoms with van der Waals surface area (Å²) in [6.07, 6.45) is 0. The SMILES string of the molecule is c1ccc(-c2ccc(N3c4ccccc4C4(c5ccccc53)c3ccccc3N(c3ccc(-c5ccccc5)cc3)c3ccc(-c5ccc(-c6ccccc6)cc5-c5ccccc5)cc34)cc2)cc1. The van der Waals surface area contributed by atoms with Crippen molar-refractivity contribution in [1.82, 2.24) is 0 Å². The third kappa shape index (κ3) is 6.64. The maximum Gasteiger partial charge on any atom is 0.0783 e. The number of rotatable bonds is 7.